The van der Waals surface area contributed by atoms with E-state index >= 15 is 0 Å². The van der Waals surface area contributed by atoms with Crippen LogP contribution in [-0.4, -0.2) is 50.3 Å². The quantitative estimate of drug-likeness (QED) is 0.808. The van der Waals surface area contributed by atoms with Crippen molar-refractivity contribution in [2.24, 2.45) is 0 Å². The smallest absolute Gasteiger partial charge is 0.321 e. The van der Waals surface area contributed by atoms with Crippen LogP contribution in [0.4, 0.5) is 10.5 Å². The largest absolute Gasteiger partial charge is 0.495 e. The summed E-state index contributed by atoms with van der Waals surface area (Å²) < 4.78 is 31.6. The van der Waals surface area contributed by atoms with E-state index in [1.54, 1.807) is 43.9 Å². The van der Waals surface area contributed by atoms with E-state index in [0.29, 0.717) is 42.4 Å². The van der Waals surface area contributed by atoms with Gasteiger partial charge in [0.05, 0.1) is 17.5 Å². The lowest BCUT2D eigenvalue weighted by atomic mass is 10.1. The number of carbonyl (C=O) groups is 1. The minimum absolute atomic E-state index is 0.163. The van der Waals surface area contributed by atoms with E-state index in [9.17, 15) is 13.2 Å². The molecule has 2 N–H and O–H groups in total. The number of nitrogens with zero attached hydrogens (tertiary/aromatic N) is 1. The first-order valence-corrected chi connectivity index (χ1v) is 10.3. The standard InChI is InChI=1S/C17H26ClN3O4S/c1-17(2,3)26(23,24)20-13-7-9-21(10-8-13)16(22)19-14-11-12(18)5-6-15(14)25-4/h5-6,11,13,20H,7-10H2,1-4H3,(H,19,22). The molecule has 0 unspecified atom stereocenters. The molecule has 0 spiro atoms. The average molecular weight is 404 g/mol. The Labute approximate surface area is 160 Å². The van der Waals surface area contributed by atoms with Gasteiger partial charge in [0.15, 0.2) is 0 Å². The monoisotopic (exact) mass is 403 g/mol. The number of anilines is 1. The molecule has 2 rings (SSSR count). The molecule has 1 aromatic rings. The third-order valence-electron chi connectivity index (χ3n) is 4.31. The number of likely N-dealkylation sites (tertiary alicyclic amines) is 1. The van der Waals surface area contributed by atoms with Gasteiger partial charge in [0.25, 0.3) is 0 Å². The van der Waals surface area contributed by atoms with Crippen LogP contribution < -0.4 is 14.8 Å². The summed E-state index contributed by atoms with van der Waals surface area (Å²) in [6.45, 7) is 5.92. The van der Waals surface area contributed by atoms with Crippen LogP contribution in [0, 0.1) is 0 Å². The van der Waals surface area contributed by atoms with Crippen molar-refractivity contribution in [1.82, 2.24) is 9.62 Å². The lowest BCUT2D eigenvalue weighted by molar-refractivity contribution is 0.192. The second-order valence-electron chi connectivity index (χ2n) is 7.27. The first-order valence-electron chi connectivity index (χ1n) is 8.45. The van der Waals surface area contributed by atoms with Crippen LogP contribution in [0.5, 0.6) is 5.75 Å². The molecule has 9 heteroatoms. The molecule has 0 aromatic heterocycles. The molecule has 1 saturated heterocycles. The number of urea groups is 1. The van der Waals surface area contributed by atoms with E-state index in [4.69, 9.17) is 16.3 Å². The number of amides is 2. The van der Waals surface area contributed by atoms with Crippen molar-refractivity contribution < 1.29 is 17.9 Å². The van der Waals surface area contributed by atoms with E-state index in [2.05, 4.69) is 10.0 Å². The van der Waals surface area contributed by atoms with Gasteiger partial charge < -0.3 is 15.0 Å². The Kier molecular flexibility index (Phi) is 6.42. The third kappa shape index (κ3) is 5.02. The number of hydrogen-bond donors (Lipinski definition) is 2. The van der Waals surface area contributed by atoms with Crippen LogP contribution in [0.15, 0.2) is 18.2 Å². The Balaban J connectivity index is 1.94. The molecule has 0 saturated carbocycles. The van der Waals surface area contributed by atoms with E-state index in [0.717, 1.165) is 0 Å². The van der Waals surface area contributed by atoms with Crippen molar-refractivity contribution in [2.45, 2.75) is 44.4 Å². The number of nitrogens with one attached hydrogen (secondary N) is 2. The molecular weight excluding hydrogens is 378 g/mol. The minimum atomic E-state index is -3.40. The van der Waals surface area contributed by atoms with Gasteiger partial charge >= 0.3 is 6.03 Å². The van der Waals surface area contributed by atoms with Gasteiger partial charge in [-0.25, -0.2) is 17.9 Å². The van der Waals surface area contributed by atoms with Crippen LogP contribution in [0.25, 0.3) is 0 Å². The Hall–Kier alpha value is -1.51. The summed E-state index contributed by atoms with van der Waals surface area (Å²) in [5.74, 6) is 0.524. The first kappa shape index (κ1) is 20.8. The number of hydrogen-bond acceptors (Lipinski definition) is 4. The van der Waals surface area contributed by atoms with E-state index in [1.807, 2.05) is 0 Å². The maximum absolute atomic E-state index is 12.5. The molecule has 2 amide bonds. The number of ether oxygens (including phenoxy) is 1. The molecule has 0 bridgehead atoms. The fourth-order valence-electron chi connectivity index (χ4n) is 2.57. The van der Waals surface area contributed by atoms with E-state index in [1.165, 1.54) is 7.11 Å². The molecular formula is C17H26ClN3O4S. The number of rotatable bonds is 4. The summed E-state index contributed by atoms with van der Waals surface area (Å²) >= 11 is 5.97. The van der Waals surface area contributed by atoms with Gasteiger partial charge in [-0.1, -0.05) is 11.6 Å². The van der Waals surface area contributed by atoms with Crippen LogP contribution in [0.3, 0.4) is 0 Å². The molecule has 1 fully saturated rings. The van der Waals surface area contributed by atoms with Crippen molar-refractivity contribution in [3.63, 3.8) is 0 Å². The maximum Gasteiger partial charge on any atom is 0.321 e. The fraction of sp³-hybridized carbons (Fsp3) is 0.588. The van der Waals surface area contributed by atoms with Crippen molar-refractivity contribution in [3.8, 4) is 5.75 Å². The molecule has 7 nitrogen and oxygen atoms in total. The Morgan fingerprint density at radius 3 is 2.42 bits per heavy atom. The molecule has 26 heavy (non-hydrogen) atoms. The van der Waals surface area contributed by atoms with Gasteiger partial charge in [0.1, 0.15) is 5.75 Å². The Morgan fingerprint density at radius 1 is 1.27 bits per heavy atom. The lowest BCUT2D eigenvalue weighted by Gasteiger charge is -2.33. The van der Waals surface area contributed by atoms with Crippen molar-refractivity contribution in [1.29, 1.82) is 0 Å². The number of halogens is 1. The van der Waals surface area contributed by atoms with E-state index < -0.39 is 14.8 Å². The highest BCUT2D eigenvalue weighted by molar-refractivity contribution is 7.90. The lowest BCUT2D eigenvalue weighted by Crippen LogP contribution is -2.50. The zero-order valence-electron chi connectivity index (χ0n) is 15.5. The summed E-state index contributed by atoms with van der Waals surface area (Å²) in [6, 6.07) is 4.57. The molecule has 1 aromatic carbocycles. The third-order valence-corrected chi connectivity index (χ3v) is 6.80. The summed E-state index contributed by atoms with van der Waals surface area (Å²) in [6.07, 6.45) is 1.13. The number of methoxy groups -OCH3 is 1. The van der Waals surface area contributed by atoms with Crippen molar-refractivity contribution in [2.75, 3.05) is 25.5 Å². The van der Waals surface area contributed by atoms with Gasteiger partial charge in [-0.2, -0.15) is 0 Å². The van der Waals surface area contributed by atoms with E-state index in [-0.39, 0.29) is 12.1 Å². The molecule has 1 heterocycles. The molecule has 0 radical (unpaired) electrons. The summed E-state index contributed by atoms with van der Waals surface area (Å²) in [4.78, 5) is 14.1. The number of benzene rings is 1. The zero-order chi connectivity index (χ0) is 19.5. The fourth-order valence-corrected chi connectivity index (χ4v) is 3.77. The molecule has 0 atom stereocenters. The molecule has 1 aliphatic rings. The topological polar surface area (TPSA) is 87.7 Å². The first-order chi connectivity index (χ1) is 12.0. The van der Waals surface area contributed by atoms with Crippen LogP contribution in [0.1, 0.15) is 33.6 Å². The number of piperidine rings is 1. The highest BCUT2D eigenvalue weighted by atomic mass is 35.5. The molecule has 146 valence electrons. The normalized spacial score (nSPS) is 16.4. The van der Waals surface area contributed by atoms with Gasteiger partial charge in [0.2, 0.25) is 10.0 Å². The van der Waals surface area contributed by atoms with Gasteiger partial charge in [0, 0.05) is 24.2 Å². The Bertz CT molecular complexity index is 754. The van der Waals surface area contributed by atoms with Crippen LogP contribution in [0.2, 0.25) is 5.02 Å². The SMILES string of the molecule is COc1ccc(Cl)cc1NC(=O)N1CCC(NS(=O)(=O)C(C)(C)C)CC1. The minimum Gasteiger partial charge on any atom is -0.495 e. The van der Waals surface area contributed by atoms with Gasteiger partial charge in [-0.15, -0.1) is 0 Å². The number of sulfonamides is 1. The zero-order valence-corrected chi connectivity index (χ0v) is 17.1. The molecule has 1 aliphatic heterocycles. The van der Waals surface area contributed by atoms with Gasteiger partial charge in [-0.3, -0.25) is 0 Å². The highest BCUT2D eigenvalue weighted by Gasteiger charge is 2.33. The van der Waals surface area contributed by atoms with Crippen molar-refractivity contribution >= 4 is 33.3 Å². The van der Waals surface area contributed by atoms with Crippen LogP contribution >= 0.6 is 11.6 Å². The van der Waals surface area contributed by atoms with Crippen LogP contribution in [-0.2, 0) is 10.0 Å². The van der Waals surface area contributed by atoms with Gasteiger partial charge in [-0.05, 0) is 51.8 Å². The maximum atomic E-state index is 12.5. The highest BCUT2D eigenvalue weighted by Crippen LogP contribution is 2.28. The summed E-state index contributed by atoms with van der Waals surface area (Å²) in [7, 11) is -1.88. The van der Waals surface area contributed by atoms with Crippen molar-refractivity contribution in [3.05, 3.63) is 23.2 Å². The number of carbonyl (C=O) groups excluding carboxylic acids is 1. The second kappa shape index (κ2) is 8.02. The summed E-state index contributed by atoms with van der Waals surface area (Å²) in [5, 5.41) is 3.29. The molecule has 0 aliphatic carbocycles. The predicted molar refractivity (Wildman–Crippen MR) is 103 cm³/mol. The Morgan fingerprint density at radius 2 is 1.88 bits per heavy atom. The summed E-state index contributed by atoms with van der Waals surface area (Å²) in [5.41, 5.74) is 0.501. The second-order valence-corrected chi connectivity index (χ2v) is 10.2. The average Bonchev–Trinajstić information content (AvgIpc) is 2.54. The predicted octanol–water partition coefficient (Wildman–Crippen LogP) is 3.06.